The van der Waals surface area contributed by atoms with Crippen LogP contribution in [0.1, 0.15) is 42.7 Å². The second-order valence-electron chi connectivity index (χ2n) is 4.74. The van der Waals surface area contributed by atoms with E-state index in [1.54, 1.807) is 11.8 Å². The zero-order chi connectivity index (χ0) is 11.7. The fraction of sp³-hybridized carbons (Fsp3) is 0.615. The smallest absolute Gasteiger partial charge is 0.151 e. The number of thioether (sulfide) groups is 1. The zero-order valence-electron chi connectivity index (χ0n) is 9.76. The highest BCUT2D eigenvalue weighted by Gasteiger charge is 2.25. The highest BCUT2D eigenvalue weighted by atomic mass is 32.2. The molecule has 0 spiro atoms. The molecule has 2 atom stereocenters. The number of nitrogens with zero attached hydrogens (tertiary/aromatic N) is 1. The zero-order valence-corrected chi connectivity index (χ0v) is 11.4. The Kier molecular flexibility index (Phi) is 3.54. The van der Waals surface area contributed by atoms with Gasteiger partial charge in [-0.1, -0.05) is 30.7 Å². The summed E-state index contributed by atoms with van der Waals surface area (Å²) in [5.74, 6) is 0. The van der Waals surface area contributed by atoms with Crippen molar-refractivity contribution in [2.75, 3.05) is 0 Å². The van der Waals surface area contributed by atoms with Crippen LogP contribution in [0.5, 0.6) is 0 Å². The molecule has 1 fully saturated rings. The highest BCUT2D eigenvalue weighted by Crippen LogP contribution is 2.38. The summed E-state index contributed by atoms with van der Waals surface area (Å²) in [5, 5.41) is 10.3. The van der Waals surface area contributed by atoms with Gasteiger partial charge in [-0.25, -0.2) is 4.98 Å². The molecule has 17 heavy (non-hydrogen) atoms. The quantitative estimate of drug-likeness (QED) is 0.890. The molecule has 1 aromatic heterocycles. The van der Waals surface area contributed by atoms with Gasteiger partial charge in [0, 0.05) is 10.1 Å². The molecule has 1 heterocycles. The first-order valence-corrected chi connectivity index (χ1v) is 8.03. The molecule has 0 radical (unpaired) electrons. The van der Waals surface area contributed by atoms with Gasteiger partial charge in [0.25, 0.3) is 0 Å². The Bertz CT molecular complexity index is 427. The van der Waals surface area contributed by atoms with Crippen LogP contribution in [0.25, 0.3) is 6.08 Å². The maximum atomic E-state index is 9.98. The number of aromatic nitrogens is 1. The maximum absolute atomic E-state index is 9.98. The van der Waals surface area contributed by atoms with E-state index in [1.165, 1.54) is 17.7 Å². The fourth-order valence-electron chi connectivity index (χ4n) is 2.45. The van der Waals surface area contributed by atoms with Gasteiger partial charge in [0.15, 0.2) is 4.34 Å². The molecule has 2 unspecified atom stereocenters. The minimum absolute atomic E-state index is 0.134. The van der Waals surface area contributed by atoms with Gasteiger partial charge in [-0.05, 0) is 31.8 Å². The number of aryl methyl sites for hydroxylation is 1. The lowest BCUT2D eigenvalue weighted by Gasteiger charge is -2.25. The monoisotopic (exact) mass is 267 g/mol. The van der Waals surface area contributed by atoms with Crippen LogP contribution in [-0.2, 0) is 6.42 Å². The van der Waals surface area contributed by atoms with Gasteiger partial charge in [-0.3, -0.25) is 0 Å². The molecular formula is C13H17NOS2. The summed E-state index contributed by atoms with van der Waals surface area (Å²) in [6.45, 7) is 0. The van der Waals surface area contributed by atoms with Crippen LogP contribution in [0.4, 0.5) is 0 Å². The first-order chi connectivity index (χ1) is 8.33. The van der Waals surface area contributed by atoms with Crippen molar-refractivity contribution in [1.29, 1.82) is 0 Å². The summed E-state index contributed by atoms with van der Waals surface area (Å²) in [5.41, 5.74) is 1.16. The number of aliphatic hydroxyl groups is 1. The Labute approximate surface area is 110 Å². The van der Waals surface area contributed by atoms with Gasteiger partial charge in [-0.15, -0.1) is 11.3 Å². The van der Waals surface area contributed by atoms with Crippen LogP contribution in [0.2, 0.25) is 0 Å². The number of aliphatic hydroxyl groups excluding tert-OH is 1. The van der Waals surface area contributed by atoms with Crippen molar-refractivity contribution < 1.29 is 5.11 Å². The fourth-order valence-corrected chi connectivity index (χ4v) is 5.10. The van der Waals surface area contributed by atoms with E-state index in [1.807, 2.05) is 11.3 Å². The topological polar surface area (TPSA) is 33.1 Å². The lowest BCUT2D eigenvalue weighted by molar-refractivity contribution is 0.137. The third kappa shape index (κ3) is 2.59. The first kappa shape index (κ1) is 11.8. The van der Waals surface area contributed by atoms with E-state index in [0.29, 0.717) is 5.25 Å². The van der Waals surface area contributed by atoms with Gasteiger partial charge >= 0.3 is 0 Å². The van der Waals surface area contributed by atoms with E-state index in [-0.39, 0.29) is 6.10 Å². The van der Waals surface area contributed by atoms with Crippen molar-refractivity contribution in [2.24, 2.45) is 0 Å². The van der Waals surface area contributed by atoms with Crippen molar-refractivity contribution in [2.45, 2.75) is 54.2 Å². The summed E-state index contributed by atoms with van der Waals surface area (Å²) in [6, 6.07) is 0. The Hall–Kier alpha value is -0.320. The van der Waals surface area contributed by atoms with Crippen molar-refractivity contribution in [1.82, 2.24) is 4.98 Å². The molecule has 1 aromatic rings. The standard InChI is InChI=1S/C13H17NOS2/c15-10-6-2-4-8-12(10)17-13-14-9-5-1-3-7-11(9)16-13/h1,5,10,12,15H,2-4,6-8H2. The Morgan fingerprint density at radius 3 is 3.06 bits per heavy atom. The van der Waals surface area contributed by atoms with E-state index >= 15 is 0 Å². The summed E-state index contributed by atoms with van der Waals surface area (Å²) in [7, 11) is 0. The largest absolute Gasteiger partial charge is 0.392 e. The summed E-state index contributed by atoms with van der Waals surface area (Å²) in [6.07, 6.45) is 11.0. The summed E-state index contributed by atoms with van der Waals surface area (Å²) < 4.78 is 1.15. The number of hydrogen-bond donors (Lipinski definition) is 1. The van der Waals surface area contributed by atoms with Crippen LogP contribution < -0.4 is 0 Å². The number of hydrogen-bond acceptors (Lipinski definition) is 4. The minimum Gasteiger partial charge on any atom is -0.392 e. The van der Waals surface area contributed by atoms with E-state index in [4.69, 9.17) is 0 Å². The normalized spacial score (nSPS) is 28.1. The predicted octanol–water partition coefficient (Wildman–Crippen LogP) is 3.50. The molecule has 0 bridgehead atoms. The maximum Gasteiger partial charge on any atom is 0.151 e. The second kappa shape index (κ2) is 5.12. The van der Waals surface area contributed by atoms with Crippen molar-refractivity contribution in [3.8, 4) is 0 Å². The van der Waals surface area contributed by atoms with Crippen molar-refractivity contribution in [3.63, 3.8) is 0 Å². The molecule has 0 saturated heterocycles. The molecule has 4 heteroatoms. The number of fused-ring (bicyclic) bond motifs is 1. The van der Waals surface area contributed by atoms with Crippen LogP contribution in [0, 0.1) is 0 Å². The van der Waals surface area contributed by atoms with Crippen LogP contribution in [0.3, 0.4) is 0 Å². The Balaban J connectivity index is 1.72. The molecule has 1 N–H and O–H groups in total. The molecule has 2 nitrogen and oxygen atoms in total. The molecule has 2 aliphatic rings. The molecule has 0 amide bonds. The Morgan fingerprint density at radius 1 is 1.35 bits per heavy atom. The van der Waals surface area contributed by atoms with Gasteiger partial charge < -0.3 is 5.11 Å². The second-order valence-corrected chi connectivity index (χ2v) is 7.31. The Morgan fingerprint density at radius 2 is 2.24 bits per heavy atom. The van der Waals surface area contributed by atoms with Crippen LogP contribution >= 0.6 is 23.1 Å². The lowest BCUT2D eigenvalue weighted by Crippen LogP contribution is -2.26. The third-order valence-electron chi connectivity index (χ3n) is 3.44. The van der Waals surface area contributed by atoms with Gasteiger partial charge in [0.1, 0.15) is 0 Å². The van der Waals surface area contributed by atoms with E-state index < -0.39 is 0 Å². The molecule has 0 aliphatic heterocycles. The number of allylic oxidation sites excluding steroid dienone is 1. The average molecular weight is 267 g/mol. The van der Waals surface area contributed by atoms with Gasteiger partial charge in [0.05, 0.1) is 11.8 Å². The minimum atomic E-state index is -0.134. The SMILES string of the molecule is OC1CCCCC1Sc1nc2c(s1)CCC=C2. The summed E-state index contributed by atoms with van der Waals surface area (Å²) >= 11 is 3.61. The van der Waals surface area contributed by atoms with E-state index in [9.17, 15) is 5.11 Å². The highest BCUT2D eigenvalue weighted by molar-refractivity contribution is 8.01. The van der Waals surface area contributed by atoms with Gasteiger partial charge in [-0.2, -0.15) is 0 Å². The number of thiazole rings is 1. The average Bonchev–Trinajstić information content (AvgIpc) is 2.74. The molecule has 3 rings (SSSR count). The molecule has 2 aliphatic carbocycles. The van der Waals surface area contributed by atoms with Crippen molar-refractivity contribution >= 4 is 29.2 Å². The van der Waals surface area contributed by atoms with Crippen LogP contribution in [0.15, 0.2) is 10.4 Å². The third-order valence-corrected chi connectivity index (χ3v) is 6.05. The summed E-state index contributed by atoms with van der Waals surface area (Å²) in [4.78, 5) is 6.08. The van der Waals surface area contributed by atoms with Crippen molar-refractivity contribution in [3.05, 3.63) is 16.6 Å². The molecular weight excluding hydrogens is 250 g/mol. The van der Waals surface area contributed by atoms with Crippen LogP contribution in [-0.4, -0.2) is 21.4 Å². The lowest BCUT2D eigenvalue weighted by atomic mass is 9.97. The predicted molar refractivity (Wildman–Crippen MR) is 73.6 cm³/mol. The van der Waals surface area contributed by atoms with Gasteiger partial charge in [0.2, 0.25) is 0 Å². The molecule has 0 aromatic carbocycles. The molecule has 1 saturated carbocycles. The molecule has 92 valence electrons. The van der Waals surface area contributed by atoms with E-state index in [2.05, 4.69) is 17.1 Å². The number of rotatable bonds is 2. The first-order valence-electron chi connectivity index (χ1n) is 6.34. The van der Waals surface area contributed by atoms with E-state index in [0.717, 1.165) is 35.7 Å².